The van der Waals surface area contributed by atoms with Crippen LogP contribution in [-0.2, 0) is 29.0 Å². The molecule has 0 radical (unpaired) electrons. The number of hydrogen-bond acceptors (Lipinski definition) is 4. The molecular weight excluding hydrogens is 578 g/mol. The van der Waals surface area contributed by atoms with Crippen LogP contribution in [0.5, 0.6) is 0 Å². The summed E-state index contributed by atoms with van der Waals surface area (Å²) in [5, 5.41) is 8.35. The molecule has 0 bridgehead atoms. The van der Waals surface area contributed by atoms with Crippen LogP contribution < -0.4 is 5.56 Å². The minimum atomic E-state index is -4.60. The van der Waals surface area contributed by atoms with E-state index in [1.807, 2.05) is 13.0 Å². The third-order valence-corrected chi connectivity index (χ3v) is 9.11. The van der Waals surface area contributed by atoms with Gasteiger partial charge in [0, 0.05) is 48.3 Å². The van der Waals surface area contributed by atoms with Crippen molar-refractivity contribution in [3.8, 4) is 0 Å². The van der Waals surface area contributed by atoms with Crippen molar-refractivity contribution < 1.29 is 27.2 Å². The van der Waals surface area contributed by atoms with E-state index in [1.54, 1.807) is 29.3 Å². The molecule has 4 heterocycles. The topological polar surface area (TPSA) is 102 Å². The number of pyridine rings is 1. The van der Waals surface area contributed by atoms with E-state index in [0.717, 1.165) is 21.5 Å². The van der Waals surface area contributed by atoms with Crippen molar-refractivity contribution in [2.45, 2.75) is 64.1 Å². The second-order valence-corrected chi connectivity index (χ2v) is 11.8. The molecule has 12 heteroatoms. The number of aromatic nitrogens is 3. The zero-order chi connectivity index (χ0) is 31.2. The Morgan fingerprint density at radius 2 is 1.86 bits per heavy atom. The highest BCUT2D eigenvalue weighted by Gasteiger charge is 2.38. The van der Waals surface area contributed by atoms with Crippen LogP contribution in [0.25, 0.3) is 21.8 Å². The van der Waals surface area contributed by atoms with Crippen molar-refractivity contribution in [1.29, 1.82) is 0 Å². The molecule has 2 aromatic carbocycles. The fourth-order valence-electron chi connectivity index (χ4n) is 6.81. The van der Waals surface area contributed by atoms with Crippen LogP contribution in [0.15, 0.2) is 41.3 Å². The quantitative estimate of drug-likeness (QED) is 0.297. The Morgan fingerprint density at radius 1 is 1.09 bits per heavy atom. The molecule has 1 atom stereocenters. The minimum absolute atomic E-state index is 0.134. The second-order valence-electron chi connectivity index (χ2n) is 11.8. The predicted molar refractivity (Wildman–Crippen MR) is 156 cm³/mol. The van der Waals surface area contributed by atoms with Crippen molar-refractivity contribution in [2.24, 2.45) is 5.92 Å². The highest BCUT2D eigenvalue weighted by molar-refractivity contribution is 5.89. The van der Waals surface area contributed by atoms with Gasteiger partial charge in [-0.15, -0.1) is 0 Å². The number of rotatable bonds is 5. The number of likely N-dealkylation sites (tertiary alicyclic amines) is 1. The van der Waals surface area contributed by atoms with Crippen LogP contribution in [0, 0.1) is 11.7 Å². The number of halogens is 4. The first-order valence-electron chi connectivity index (χ1n) is 14.9. The van der Waals surface area contributed by atoms with Gasteiger partial charge in [-0.3, -0.25) is 19.5 Å². The molecule has 6 rings (SSSR count). The molecule has 4 aromatic rings. The number of carbonyl (C=O) groups is 2. The van der Waals surface area contributed by atoms with Gasteiger partial charge in [-0.25, -0.2) is 4.39 Å². The standard InChI is InChI=1S/C32H33F4N5O3/c1-2-18-12-20-6-7-22(31(44)41(17-32(34,35)36)16-25(20)24-15-37-39-28(18)24)14-27(42)40-10-8-19(9-11-40)23-13-21-4-3-5-26(33)29(21)38-30(23)43/h3-5,12-13,15,19,22H,2,6-11,14,16-17H2,1H3,(H,37,39)(H,38,43)/t22-/m0/s1. The maximum Gasteiger partial charge on any atom is 0.406 e. The Bertz CT molecular complexity index is 1790. The molecule has 8 nitrogen and oxygen atoms in total. The Morgan fingerprint density at radius 3 is 2.59 bits per heavy atom. The molecular formula is C32H33F4N5O3. The third-order valence-electron chi connectivity index (χ3n) is 9.11. The number of alkyl halides is 3. The lowest BCUT2D eigenvalue weighted by Gasteiger charge is -2.35. The zero-order valence-corrected chi connectivity index (χ0v) is 24.3. The molecule has 232 valence electrons. The number of piperidine rings is 1. The van der Waals surface area contributed by atoms with Gasteiger partial charge in [0.05, 0.1) is 17.2 Å². The van der Waals surface area contributed by atoms with Gasteiger partial charge in [0.15, 0.2) is 0 Å². The molecule has 2 aliphatic heterocycles. The van der Waals surface area contributed by atoms with Crippen LogP contribution in [0.4, 0.5) is 17.6 Å². The normalized spacial score (nSPS) is 18.5. The van der Waals surface area contributed by atoms with Crippen LogP contribution >= 0.6 is 0 Å². The molecule has 0 unspecified atom stereocenters. The number of aryl methyl sites for hydroxylation is 2. The third kappa shape index (κ3) is 5.81. The lowest BCUT2D eigenvalue weighted by molar-refractivity contribution is -0.166. The number of nitrogens with zero attached hydrogens (tertiary/aromatic N) is 3. The highest BCUT2D eigenvalue weighted by atomic mass is 19.4. The summed E-state index contributed by atoms with van der Waals surface area (Å²) in [6, 6.07) is 8.26. The number of benzene rings is 2. The molecule has 44 heavy (non-hydrogen) atoms. The van der Waals surface area contributed by atoms with Gasteiger partial charge in [-0.1, -0.05) is 25.1 Å². The van der Waals surface area contributed by atoms with Crippen LogP contribution in [0.3, 0.4) is 0 Å². The molecule has 2 aliphatic rings. The van der Waals surface area contributed by atoms with Crippen molar-refractivity contribution in [3.63, 3.8) is 0 Å². The van der Waals surface area contributed by atoms with Gasteiger partial charge in [-0.2, -0.15) is 18.3 Å². The van der Waals surface area contributed by atoms with Crippen LogP contribution in [0.2, 0.25) is 0 Å². The molecule has 2 aromatic heterocycles. The summed E-state index contributed by atoms with van der Waals surface area (Å²) in [6.07, 6.45) is -0.770. The smallest absolute Gasteiger partial charge is 0.343 e. The average Bonchev–Trinajstić information content (AvgIpc) is 3.48. The summed E-state index contributed by atoms with van der Waals surface area (Å²) in [5.41, 5.74) is 3.60. The number of aromatic amines is 2. The van der Waals surface area contributed by atoms with Gasteiger partial charge in [0.1, 0.15) is 12.4 Å². The monoisotopic (exact) mass is 611 g/mol. The maximum absolute atomic E-state index is 14.1. The number of para-hydroxylation sites is 1. The summed E-state index contributed by atoms with van der Waals surface area (Å²) in [6.45, 7) is 1.07. The number of carbonyl (C=O) groups excluding carboxylic acids is 2. The summed E-state index contributed by atoms with van der Waals surface area (Å²) in [7, 11) is 0. The van der Waals surface area contributed by atoms with E-state index in [1.165, 1.54) is 6.07 Å². The maximum atomic E-state index is 14.1. The molecule has 0 spiro atoms. The lowest BCUT2D eigenvalue weighted by Crippen LogP contribution is -2.45. The highest BCUT2D eigenvalue weighted by Crippen LogP contribution is 2.34. The Labute approximate surface area is 250 Å². The van der Waals surface area contributed by atoms with Gasteiger partial charge < -0.3 is 14.8 Å². The predicted octanol–water partition coefficient (Wildman–Crippen LogP) is 5.36. The first-order valence-corrected chi connectivity index (χ1v) is 14.9. The summed E-state index contributed by atoms with van der Waals surface area (Å²) < 4.78 is 55.1. The van der Waals surface area contributed by atoms with Crippen molar-refractivity contribution in [2.75, 3.05) is 19.6 Å². The number of hydrogen-bond donors (Lipinski definition) is 2. The summed E-state index contributed by atoms with van der Waals surface area (Å²) in [4.78, 5) is 44.8. The average molecular weight is 612 g/mol. The second kappa shape index (κ2) is 11.7. The Hall–Kier alpha value is -4.22. The molecule has 2 N–H and O–H groups in total. The van der Waals surface area contributed by atoms with Crippen molar-refractivity contribution >= 4 is 33.6 Å². The molecule has 0 aliphatic carbocycles. The minimum Gasteiger partial charge on any atom is -0.343 e. The van der Waals surface area contributed by atoms with E-state index in [0.29, 0.717) is 60.7 Å². The van der Waals surface area contributed by atoms with E-state index in [-0.39, 0.29) is 42.3 Å². The number of H-pyrrole nitrogens is 2. The first kappa shape index (κ1) is 29.8. The van der Waals surface area contributed by atoms with Crippen molar-refractivity contribution in [1.82, 2.24) is 25.0 Å². The fraction of sp³-hybridized carbons (Fsp3) is 0.438. The molecule has 1 saturated heterocycles. The number of amides is 2. The molecule has 0 saturated carbocycles. The van der Waals surface area contributed by atoms with E-state index < -0.39 is 30.4 Å². The summed E-state index contributed by atoms with van der Waals surface area (Å²) in [5.74, 6) is -2.50. The van der Waals surface area contributed by atoms with Gasteiger partial charge in [0.25, 0.3) is 5.56 Å². The van der Waals surface area contributed by atoms with E-state index in [4.69, 9.17) is 0 Å². The SMILES string of the molecule is CCc1cc2c(c3cn[nH]c13)CN(CC(F)(F)F)C(=O)[C@H](CC(=O)N1CCC(c3cc4cccc(F)c4[nH]c3=O)CC1)CC2. The van der Waals surface area contributed by atoms with E-state index in [2.05, 4.69) is 15.2 Å². The largest absolute Gasteiger partial charge is 0.406 e. The Balaban J connectivity index is 1.18. The lowest BCUT2D eigenvalue weighted by atomic mass is 9.86. The van der Waals surface area contributed by atoms with Gasteiger partial charge in [-0.05, 0) is 66.8 Å². The van der Waals surface area contributed by atoms with Crippen LogP contribution in [-0.4, -0.2) is 62.6 Å². The number of nitrogens with one attached hydrogen (secondary N) is 2. The zero-order valence-electron chi connectivity index (χ0n) is 24.3. The number of fused-ring (bicyclic) bond motifs is 4. The van der Waals surface area contributed by atoms with E-state index >= 15 is 0 Å². The fourth-order valence-corrected chi connectivity index (χ4v) is 6.81. The summed E-state index contributed by atoms with van der Waals surface area (Å²) >= 11 is 0. The van der Waals surface area contributed by atoms with E-state index in [9.17, 15) is 31.9 Å². The first-order chi connectivity index (χ1) is 21.0. The van der Waals surface area contributed by atoms with Crippen molar-refractivity contribution in [3.05, 3.63) is 75.0 Å². The molecule has 1 fully saturated rings. The molecule has 2 amide bonds. The van der Waals surface area contributed by atoms with Crippen LogP contribution in [0.1, 0.15) is 60.8 Å². The van der Waals surface area contributed by atoms with Gasteiger partial charge in [0.2, 0.25) is 11.8 Å². The van der Waals surface area contributed by atoms with Gasteiger partial charge >= 0.3 is 6.18 Å². The Kier molecular flexibility index (Phi) is 7.93.